The van der Waals surface area contributed by atoms with Gasteiger partial charge in [-0.1, -0.05) is 37.3 Å². The van der Waals surface area contributed by atoms with Gasteiger partial charge in [0.25, 0.3) is 0 Å². The molecule has 13 heavy (non-hydrogen) atoms. The highest BCUT2D eigenvalue weighted by molar-refractivity contribution is 6.75. The van der Waals surface area contributed by atoms with Gasteiger partial charge in [-0.3, -0.25) is 0 Å². The zero-order chi connectivity index (χ0) is 9.68. The lowest BCUT2D eigenvalue weighted by Gasteiger charge is -2.09. The molecule has 0 fully saturated rings. The number of aliphatic hydroxyl groups is 1. The lowest BCUT2D eigenvalue weighted by Crippen LogP contribution is -2.23. The Balaban J connectivity index is 2.59. The van der Waals surface area contributed by atoms with E-state index in [2.05, 4.69) is 37.4 Å². The maximum absolute atomic E-state index is 8.92. The van der Waals surface area contributed by atoms with E-state index in [0.717, 1.165) is 6.04 Å². The second-order valence-corrected chi connectivity index (χ2v) is 5.65. The number of hydrogen-bond acceptors (Lipinski definition) is 1. The first kappa shape index (κ1) is 10.3. The standard InChI is InChI=1S/C11H16OSi/c1-10(8-12)9-13(2)11-6-4-3-5-7-11/h3-7,10,12H,2,8-9H2,1H3. The summed E-state index contributed by atoms with van der Waals surface area (Å²) < 4.78 is 0. The monoisotopic (exact) mass is 192 g/mol. The van der Waals surface area contributed by atoms with Gasteiger partial charge in [0.05, 0.1) is 0 Å². The zero-order valence-electron chi connectivity index (χ0n) is 8.03. The molecule has 0 heterocycles. The summed E-state index contributed by atoms with van der Waals surface area (Å²) in [5.41, 5.74) is 0. The first-order valence-electron chi connectivity index (χ1n) is 4.58. The van der Waals surface area contributed by atoms with E-state index < -0.39 is 8.41 Å². The number of rotatable bonds is 4. The van der Waals surface area contributed by atoms with E-state index in [0.29, 0.717) is 5.92 Å². The highest BCUT2D eigenvalue weighted by Gasteiger charge is 2.04. The molecule has 0 aliphatic carbocycles. The van der Waals surface area contributed by atoms with Gasteiger partial charge in [0.2, 0.25) is 0 Å². The molecule has 0 aromatic heterocycles. The van der Waals surface area contributed by atoms with Crippen molar-refractivity contribution in [3.05, 3.63) is 30.3 Å². The Bertz CT molecular complexity index is 269. The third-order valence-corrected chi connectivity index (χ3v) is 4.43. The van der Waals surface area contributed by atoms with E-state index in [-0.39, 0.29) is 6.61 Å². The maximum atomic E-state index is 8.92. The summed E-state index contributed by atoms with van der Waals surface area (Å²) in [6.45, 7) is 2.34. The van der Waals surface area contributed by atoms with Crippen LogP contribution in [0.25, 0.3) is 0 Å². The fraction of sp³-hybridized carbons (Fsp3) is 0.364. The average Bonchev–Trinajstić information content (AvgIpc) is 2.19. The Hall–Kier alpha value is -0.733. The van der Waals surface area contributed by atoms with Crippen LogP contribution in [-0.4, -0.2) is 26.3 Å². The second kappa shape index (κ2) is 5.10. The van der Waals surface area contributed by atoms with Crippen LogP contribution in [0.15, 0.2) is 30.3 Å². The van der Waals surface area contributed by atoms with Crippen molar-refractivity contribution in [3.63, 3.8) is 0 Å². The average molecular weight is 192 g/mol. The quantitative estimate of drug-likeness (QED) is 0.707. The molecule has 0 aliphatic heterocycles. The van der Waals surface area contributed by atoms with E-state index in [4.69, 9.17) is 5.11 Å². The molecule has 0 aliphatic rings. The lowest BCUT2D eigenvalue weighted by atomic mass is 10.2. The fourth-order valence-electron chi connectivity index (χ4n) is 1.28. The van der Waals surface area contributed by atoms with Crippen LogP contribution in [0, 0.1) is 5.92 Å². The highest BCUT2D eigenvalue weighted by Crippen LogP contribution is 2.01. The highest BCUT2D eigenvalue weighted by atomic mass is 28.2. The molecule has 1 unspecified atom stereocenters. The topological polar surface area (TPSA) is 20.2 Å². The molecule has 70 valence electrons. The third-order valence-electron chi connectivity index (χ3n) is 2.09. The van der Waals surface area contributed by atoms with Crippen LogP contribution in [0.3, 0.4) is 0 Å². The normalized spacial score (nSPS) is 12.5. The van der Waals surface area contributed by atoms with Gasteiger partial charge in [-0.25, -0.2) is 0 Å². The Morgan fingerprint density at radius 1 is 1.38 bits per heavy atom. The zero-order valence-corrected chi connectivity index (χ0v) is 9.03. The van der Waals surface area contributed by atoms with Crippen molar-refractivity contribution in [2.24, 2.45) is 5.92 Å². The SMILES string of the molecule is C=[Si](CC(C)CO)c1ccccc1. The van der Waals surface area contributed by atoms with Crippen molar-refractivity contribution >= 4 is 19.8 Å². The van der Waals surface area contributed by atoms with Crippen LogP contribution in [0.1, 0.15) is 6.92 Å². The molecule has 1 atom stereocenters. The summed E-state index contributed by atoms with van der Waals surface area (Å²) in [6.07, 6.45) is 4.19. The van der Waals surface area contributed by atoms with Crippen LogP contribution in [0.5, 0.6) is 0 Å². The Labute approximate surface area is 81.3 Å². The minimum atomic E-state index is -0.688. The van der Waals surface area contributed by atoms with Gasteiger partial charge in [-0.2, -0.15) is 0 Å². The molecule has 1 N–H and O–H groups in total. The molecule has 1 aromatic carbocycles. The van der Waals surface area contributed by atoms with Crippen molar-refractivity contribution in [2.75, 3.05) is 6.61 Å². The van der Waals surface area contributed by atoms with Crippen molar-refractivity contribution in [1.82, 2.24) is 0 Å². The molecule has 0 saturated carbocycles. The third kappa shape index (κ3) is 3.25. The van der Waals surface area contributed by atoms with Crippen molar-refractivity contribution < 1.29 is 5.11 Å². The van der Waals surface area contributed by atoms with Gasteiger partial charge in [-0.05, 0) is 17.1 Å². The molecule has 2 heteroatoms. The Morgan fingerprint density at radius 3 is 2.54 bits per heavy atom. The first-order chi connectivity index (χ1) is 6.24. The lowest BCUT2D eigenvalue weighted by molar-refractivity contribution is 0.248. The van der Waals surface area contributed by atoms with Crippen molar-refractivity contribution in [3.8, 4) is 0 Å². The molecular weight excluding hydrogens is 176 g/mol. The van der Waals surface area contributed by atoms with Gasteiger partial charge in [0.1, 0.15) is 0 Å². The number of benzene rings is 1. The smallest absolute Gasteiger partial charge is 0.0456 e. The Kier molecular flexibility index (Phi) is 4.06. The van der Waals surface area contributed by atoms with E-state index >= 15 is 0 Å². The Morgan fingerprint density at radius 2 is 2.00 bits per heavy atom. The van der Waals surface area contributed by atoms with Gasteiger partial charge in [0.15, 0.2) is 0 Å². The first-order valence-corrected chi connectivity index (χ1v) is 6.49. The van der Waals surface area contributed by atoms with Gasteiger partial charge in [-0.15, -0.1) is 6.17 Å². The summed E-state index contributed by atoms with van der Waals surface area (Å²) in [5, 5.41) is 10.3. The van der Waals surface area contributed by atoms with Crippen LogP contribution >= 0.6 is 0 Å². The summed E-state index contributed by atoms with van der Waals surface area (Å²) in [5.74, 6) is 0.381. The minimum absolute atomic E-state index is 0.274. The van der Waals surface area contributed by atoms with Gasteiger partial charge >= 0.3 is 0 Å². The van der Waals surface area contributed by atoms with Crippen molar-refractivity contribution in [1.29, 1.82) is 0 Å². The molecule has 0 radical (unpaired) electrons. The summed E-state index contributed by atoms with van der Waals surface area (Å²) in [4.78, 5) is 0. The largest absolute Gasteiger partial charge is 0.396 e. The minimum Gasteiger partial charge on any atom is -0.396 e. The number of hydrogen-bond donors (Lipinski definition) is 1. The van der Waals surface area contributed by atoms with E-state index in [1.54, 1.807) is 0 Å². The van der Waals surface area contributed by atoms with Gasteiger partial charge < -0.3 is 5.11 Å². The molecule has 0 amide bonds. The molecule has 0 bridgehead atoms. The predicted octanol–water partition coefficient (Wildman–Crippen LogP) is 1.03. The molecule has 0 spiro atoms. The van der Waals surface area contributed by atoms with Crippen LogP contribution in [-0.2, 0) is 0 Å². The second-order valence-electron chi connectivity index (χ2n) is 3.46. The molecule has 0 saturated heterocycles. The summed E-state index contributed by atoms with van der Waals surface area (Å²) in [7, 11) is -0.688. The van der Waals surface area contributed by atoms with Crippen molar-refractivity contribution in [2.45, 2.75) is 13.0 Å². The summed E-state index contributed by atoms with van der Waals surface area (Å²) in [6, 6.07) is 11.4. The van der Waals surface area contributed by atoms with E-state index in [1.165, 1.54) is 5.19 Å². The van der Waals surface area contributed by atoms with Crippen LogP contribution in [0.2, 0.25) is 6.04 Å². The number of aliphatic hydroxyl groups excluding tert-OH is 1. The van der Waals surface area contributed by atoms with Gasteiger partial charge in [0, 0.05) is 15.0 Å². The van der Waals surface area contributed by atoms with E-state index in [9.17, 15) is 0 Å². The van der Waals surface area contributed by atoms with Crippen LogP contribution in [0.4, 0.5) is 0 Å². The van der Waals surface area contributed by atoms with Crippen LogP contribution < -0.4 is 5.19 Å². The molecule has 1 aromatic rings. The predicted molar refractivity (Wildman–Crippen MR) is 60.0 cm³/mol. The summed E-state index contributed by atoms with van der Waals surface area (Å²) >= 11 is 0. The molecule has 1 nitrogen and oxygen atoms in total. The molecular formula is C11H16OSi. The molecule has 1 rings (SSSR count). The van der Waals surface area contributed by atoms with E-state index in [1.807, 2.05) is 6.07 Å². The maximum Gasteiger partial charge on any atom is 0.0456 e. The fourth-order valence-corrected chi connectivity index (χ4v) is 3.15.